The molecule has 0 aliphatic rings. The largest absolute Gasteiger partial charge is 0.0991 e. The number of aryl methyl sites for hydroxylation is 1. The smallest absolute Gasteiger partial charge is 0.00917 e. The van der Waals surface area contributed by atoms with Crippen LogP contribution in [0.25, 0.3) is 0 Å². The van der Waals surface area contributed by atoms with E-state index in [1.807, 2.05) is 33.8 Å². The van der Waals surface area contributed by atoms with Gasteiger partial charge >= 0.3 is 0 Å². The Labute approximate surface area is 102 Å². The van der Waals surface area contributed by atoms with Gasteiger partial charge in [-0.05, 0) is 24.5 Å². The summed E-state index contributed by atoms with van der Waals surface area (Å²) in [6.45, 7) is 13.8. The van der Waals surface area contributed by atoms with Gasteiger partial charge in [0.1, 0.15) is 0 Å². The molecular weight excluding hydrogens is 192 g/mol. The van der Waals surface area contributed by atoms with Crippen LogP contribution in [0, 0.1) is 6.92 Å². The number of benzene rings is 1. The minimum Gasteiger partial charge on any atom is -0.0991 e. The van der Waals surface area contributed by atoms with Gasteiger partial charge in [0.25, 0.3) is 0 Å². The minimum absolute atomic E-state index is 0.999. The van der Waals surface area contributed by atoms with Gasteiger partial charge in [-0.3, -0.25) is 0 Å². The highest BCUT2D eigenvalue weighted by Crippen LogP contribution is 2.07. The molecule has 0 unspecified atom stereocenters. The zero-order valence-corrected chi connectivity index (χ0v) is 11.5. The molecule has 0 heteroatoms. The number of hydrogen-bond donors (Lipinski definition) is 0. The van der Waals surface area contributed by atoms with Crippen molar-refractivity contribution in [2.45, 2.75) is 41.0 Å². The lowest BCUT2D eigenvalue weighted by Gasteiger charge is -1.99. The van der Waals surface area contributed by atoms with Crippen molar-refractivity contribution < 1.29 is 0 Å². The summed E-state index contributed by atoms with van der Waals surface area (Å²) < 4.78 is 0. The zero-order valence-electron chi connectivity index (χ0n) is 11.5. The van der Waals surface area contributed by atoms with E-state index < -0.39 is 0 Å². The maximum Gasteiger partial charge on any atom is -0.00917 e. The third-order valence-corrected chi connectivity index (χ3v) is 1.87. The fraction of sp³-hybridized carbons (Fsp3) is 0.375. The Morgan fingerprint density at radius 3 is 2.12 bits per heavy atom. The summed E-state index contributed by atoms with van der Waals surface area (Å²) >= 11 is 0. The zero-order chi connectivity index (χ0) is 12.8. The fourth-order valence-electron chi connectivity index (χ4n) is 1.13. The molecule has 0 aliphatic carbocycles. The van der Waals surface area contributed by atoms with Crippen LogP contribution in [-0.4, -0.2) is 0 Å². The molecule has 16 heavy (non-hydrogen) atoms. The second kappa shape index (κ2) is 13.7. The van der Waals surface area contributed by atoms with Gasteiger partial charge in [0.05, 0.1) is 0 Å². The molecule has 1 aromatic rings. The predicted octanol–water partition coefficient (Wildman–Crippen LogP) is 5.33. The molecular formula is C16H26. The minimum atomic E-state index is 0.999. The molecule has 0 aliphatic heterocycles. The molecule has 0 saturated heterocycles. The molecule has 0 N–H and O–H groups in total. The molecule has 1 rings (SSSR count). The molecule has 0 spiro atoms. The van der Waals surface area contributed by atoms with Gasteiger partial charge in [0, 0.05) is 0 Å². The van der Waals surface area contributed by atoms with Crippen LogP contribution in [0.3, 0.4) is 0 Å². The predicted molar refractivity (Wildman–Crippen MR) is 76.9 cm³/mol. The number of rotatable bonds is 3. The van der Waals surface area contributed by atoms with E-state index in [2.05, 4.69) is 43.8 Å². The molecule has 0 radical (unpaired) electrons. The van der Waals surface area contributed by atoms with E-state index in [0.29, 0.717) is 0 Å². The van der Waals surface area contributed by atoms with Gasteiger partial charge in [-0.2, -0.15) is 0 Å². The molecule has 0 fully saturated rings. The SMILES string of the molecule is C=C/C=C\Cc1ccccc1C.CC.CC. The van der Waals surface area contributed by atoms with Gasteiger partial charge in [-0.15, -0.1) is 0 Å². The fourth-order valence-corrected chi connectivity index (χ4v) is 1.13. The quantitative estimate of drug-likeness (QED) is 0.601. The summed E-state index contributed by atoms with van der Waals surface area (Å²) in [5.41, 5.74) is 2.74. The van der Waals surface area contributed by atoms with Crippen LogP contribution < -0.4 is 0 Å². The van der Waals surface area contributed by atoms with Gasteiger partial charge < -0.3 is 0 Å². The first kappa shape index (κ1) is 17.1. The highest BCUT2D eigenvalue weighted by molar-refractivity contribution is 5.27. The second-order valence-corrected chi connectivity index (χ2v) is 2.79. The third-order valence-electron chi connectivity index (χ3n) is 1.87. The van der Waals surface area contributed by atoms with Crippen LogP contribution in [-0.2, 0) is 6.42 Å². The van der Waals surface area contributed by atoms with Gasteiger partial charge in [-0.25, -0.2) is 0 Å². The molecule has 0 aromatic heterocycles. The Balaban J connectivity index is 0. The lowest BCUT2D eigenvalue weighted by molar-refractivity contribution is 1.21. The summed E-state index contributed by atoms with van der Waals surface area (Å²) in [6, 6.07) is 8.43. The summed E-state index contributed by atoms with van der Waals surface area (Å²) in [5, 5.41) is 0. The van der Waals surface area contributed by atoms with Crippen molar-refractivity contribution in [2.75, 3.05) is 0 Å². The van der Waals surface area contributed by atoms with E-state index in [-0.39, 0.29) is 0 Å². The van der Waals surface area contributed by atoms with Crippen molar-refractivity contribution in [3.8, 4) is 0 Å². The second-order valence-electron chi connectivity index (χ2n) is 2.79. The van der Waals surface area contributed by atoms with E-state index in [9.17, 15) is 0 Å². The van der Waals surface area contributed by atoms with Crippen LogP contribution in [0.1, 0.15) is 38.8 Å². The first-order valence-electron chi connectivity index (χ1n) is 6.16. The van der Waals surface area contributed by atoms with Crippen LogP contribution in [0.15, 0.2) is 49.1 Å². The van der Waals surface area contributed by atoms with E-state index >= 15 is 0 Å². The standard InChI is InChI=1S/C12H14.2C2H6/c1-3-4-5-9-12-10-7-6-8-11(12)2;2*1-2/h3-8,10H,1,9H2,2H3;2*1-2H3/b5-4-;;. The molecule has 0 nitrogen and oxygen atoms in total. The Bertz CT molecular complexity index is 282. The van der Waals surface area contributed by atoms with Gasteiger partial charge in [0.15, 0.2) is 0 Å². The van der Waals surface area contributed by atoms with Crippen LogP contribution in [0.4, 0.5) is 0 Å². The molecule has 90 valence electrons. The van der Waals surface area contributed by atoms with Crippen molar-refractivity contribution in [1.82, 2.24) is 0 Å². The van der Waals surface area contributed by atoms with Crippen LogP contribution in [0.2, 0.25) is 0 Å². The van der Waals surface area contributed by atoms with E-state index in [4.69, 9.17) is 0 Å². The molecule has 0 amide bonds. The molecule has 0 saturated carbocycles. The Morgan fingerprint density at radius 1 is 1.06 bits per heavy atom. The van der Waals surface area contributed by atoms with E-state index in [1.165, 1.54) is 11.1 Å². The average Bonchev–Trinajstić information content (AvgIpc) is 2.37. The van der Waals surface area contributed by atoms with Crippen molar-refractivity contribution in [1.29, 1.82) is 0 Å². The number of allylic oxidation sites excluding steroid dienone is 3. The van der Waals surface area contributed by atoms with Crippen molar-refractivity contribution in [2.24, 2.45) is 0 Å². The maximum atomic E-state index is 3.63. The summed E-state index contributed by atoms with van der Waals surface area (Å²) in [6.07, 6.45) is 6.90. The lowest BCUT2D eigenvalue weighted by Crippen LogP contribution is -1.84. The lowest BCUT2D eigenvalue weighted by atomic mass is 10.1. The highest BCUT2D eigenvalue weighted by Gasteiger charge is 1.91. The molecule has 0 atom stereocenters. The van der Waals surface area contributed by atoms with Gasteiger partial charge in [-0.1, -0.05) is 76.8 Å². The third kappa shape index (κ3) is 8.05. The molecule has 0 bridgehead atoms. The summed E-state index contributed by atoms with van der Waals surface area (Å²) in [4.78, 5) is 0. The van der Waals surface area contributed by atoms with Crippen LogP contribution in [0.5, 0.6) is 0 Å². The molecule has 0 heterocycles. The summed E-state index contributed by atoms with van der Waals surface area (Å²) in [5.74, 6) is 0. The van der Waals surface area contributed by atoms with Crippen molar-refractivity contribution in [3.05, 3.63) is 60.2 Å². The normalized spacial score (nSPS) is 8.56. The van der Waals surface area contributed by atoms with E-state index in [0.717, 1.165) is 6.42 Å². The summed E-state index contributed by atoms with van der Waals surface area (Å²) in [7, 11) is 0. The van der Waals surface area contributed by atoms with Crippen LogP contribution >= 0.6 is 0 Å². The Morgan fingerprint density at radius 2 is 1.62 bits per heavy atom. The Hall–Kier alpha value is -1.30. The van der Waals surface area contributed by atoms with Crippen molar-refractivity contribution in [3.63, 3.8) is 0 Å². The number of hydrogen-bond acceptors (Lipinski definition) is 0. The average molecular weight is 218 g/mol. The first-order valence-corrected chi connectivity index (χ1v) is 6.16. The van der Waals surface area contributed by atoms with E-state index in [1.54, 1.807) is 6.08 Å². The van der Waals surface area contributed by atoms with Gasteiger partial charge in [0.2, 0.25) is 0 Å². The topological polar surface area (TPSA) is 0 Å². The first-order chi connectivity index (χ1) is 7.84. The monoisotopic (exact) mass is 218 g/mol. The Kier molecular flexibility index (Phi) is 14.6. The highest BCUT2D eigenvalue weighted by atomic mass is 14.0. The van der Waals surface area contributed by atoms with Crippen molar-refractivity contribution >= 4 is 0 Å². The molecule has 1 aromatic carbocycles. The maximum absolute atomic E-state index is 3.63.